The van der Waals surface area contributed by atoms with E-state index in [4.69, 9.17) is 0 Å². The Bertz CT molecular complexity index is 380. The molecule has 0 aromatic heterocycles. The first-order valence-electron chi connectivity index (χ1n) is 6.03. The van der Waals surface area contributed by atoms with Gasteiger partial charge in [0.25, 0.3) is 0 Å². The fourth-order valence-corrected chi connectivity index (χ4v) is 2.28. The topological polar surface area (TPSA) is 23.5 Å². The summed E-state index contributed by atoms with van der Waals surface area (Å²) in [5, 5.41) is 9.92. The van der Waals surface area contributed by atoms with Gasteiger partial charge in [0.15, 0.2) is 0 Å². The Morgan fingerprint density at radius 3 is 2.50 bits per heavy atom. The minimum Gasteiger partial charge on any atom is -0.387 e. The van der Waals surface area contributed by atoms with Gasteiger partial charge in [0.2, 0.25) is 0 Å². The van der Waals surface area contributed by atoms with Crippen LogP contribution in [0.4, 0.5) is 0 Å². The van der Waals surface area contributed by atoms with Crippen molar-refractivity contribution in [3.05, 3.63) is 34.9 Å². The summed E-state index contributed by atoms with van der Waals surface area (Å²) in [7, 11) is 0. The molecule has 0 atom stereocenters. The van der Waals surface area contributed by atoms with Gasteiger partial charge in [0, 0.05) is 19.6 Å². The monoisotopic (exact) mass is 219 g/mol. The molecule has 1 fully saturated rings. The molecule has 1 aliphatic heterocycles. The highest BCUT2D eigenvalue weighted by Gasteiger charge is 2.38. The lowest BCUT2D eigenvalue weighted by molar-refractivity contribution is -0.103. The van der Waals surface area contributed by atoms with E-state index in [1.165, 1.54) is 16.7 Å². The maximum absolute atomic E-state index is 9.92. The second kappa shape index (κ2) is 4.19. The third-order valence-electron chi connectivity index (χ3n) is 3.67. The molecule has 0 bridgehead atoms. The molecule has 88 valence electrons. The smallest absolute Gasteiger partial charge is 0.0897 e. The Morgan fingerprint density at radius 1 is 1.25 bits per heavy atom. The molecule has 16 heavy (non-hydrogen) atoms. The number of aryl methyl sites for hydroxylation is 2. The van der Waals surface area contributed by atoms with E-state index in [0.717, 1.165) is 26.1 Å². The quantitative estimate of drug-likeness (QED) is 0.843. The lowest BCUT2D eigenvalue weighted by atomic mass is 9.91. The first-order valence-corrected chi connectivity index (χ1v) is 6.03. The average molecular weight is 219 g/mol. The van der Waals surface area contributed by atoms with Crippen molar-refractivity contribution in [1.82, 2.24) is 4.90 Å². The first-order chi connectivity index (χ1) is 7.52. The maximum atomic E-state index is 9.92. The van der Waals surface area contributed by atoms with Gasteiger partial charge in [-0.25, -0.2) is 0 Å². The highest BCUT2D eigenvalue weighted by Crippen LogP contribution is 2.26. The van der Waals surface area contributed by atoms with Crippen LogP contribution in [0.25, 0.3) is 0 Å². The van der Waals surface area contributed by atoms with Gasteiger partial charge in [-0.1, -0.05) is 25.1 Å². The third kappa shape index (κ3) is 2.28. The fraction of sp³-hybridized carbons (Fsp3) is 0.571. The van der Waals surface area contributed by atoms with Gasteiger partial charge in [0.1, 0.15) is 0 Å². The molecule has 1 aromatic carbocycles. The number of hydrogen-bond acceptors (Lipinski definition) is 2. The number of nitrogens with zero attached hydrogens (tertiary/aromatic N) is 1. The first kappa shape index (κ1) is 11.6. The Balaban J connectivity index is 1.94. The predicted octanol–water partition coefficient (Wildman–Crippen LogP) is 2.26. The van der Waals surface area contributed by atoms with Gasteiger partial charge in [0.05, 0.1) is 5.60 Å². The van der Waals surface area contributed by atoms with Crippen molar-refractivity contribution in [3.63, 3.8) is 0 Å². The van der Waals surface area contributed by atoms with E-state index in [0.29, 0.717) is 0 Å². The fourth-order valence-electron chi connectivity index (χ4n) is 2.28. The standard InChI is InChI=1S/C14H21NO/c1-4-14(16)9-15(10-14)8-13-6-5-11(2)12(3)7-13/h5-7,16H,4,8-10H2,1-3H3. The van der Waals surface area contributed by atoms with Crippen LogP contribution in [0, 0.1) is 13.8 Å². The lowest BCUT2D eigenvalue weighted by Gasteiger charge is -2.46. The van der Waals surface area contributed by atoms with E-state index >= 15 is 0 Å². The number of benzene rings is 1. The van der Waals surface area contributed by atoms with Crippen molar-refractivity contribution in [2.45, 2.75) is 39.3 Å². The molecule has 1 N–H and O–H groups in total. The SMILES string of the molecule is CCC1(O)CN(Cc2ccc(C)c(C)c2)C1. The second-order valence-electron chi connectivity index (χ2n) is 5.14. The largest absolute Gasteiger partial charge is 0.387 e. The van der Waals surface area contributed by atoms with Gasteiger partial charge >= 0.3 is 0 Å². The predicted molar refractivity (Wildman–Crippen MR) is 66.4 cm³/mol. The second-order valence-corrected chi connectivity index (χ2v) is 5.14. The molecule has 1 aliphatic rings. The van der Waals surface area contributed by atoms with Crippen LogP contribution in [0.5, 0.6) is 0 Å². The minimum atomic E-state index is -0.417. The molecule has 0 amide bonds. The van der Waals surface area contributed by atoms with Crippen molar-refractivity contribution < 1.29 is 5.11 Å². The van der Waals surface area contributed by atoms with Crippen LogP contribution >= 0.6 is 0 Å². The van der Waals surface area contributed by atoms with Crippen LogP contribution < -0.4 is 0 Å². The van der Waals surface area contributed by atoms with Crippen LogP contribution in [-0.2, 0) is 6.54 Å². The van der Waals surface area contributed by atoms with Crippen molar-refractivity contribution >= 4 is 0 Å². The van der Waals surface area contributed by atoms with E-state index in [9.17, 15) is 5.11 Å². The Kier molecular flexibility index (Phi) is 3.04. The highest BCUT2D eigenvalue weighted by molar-refractivity contribution is 5.30. The van der Waals surface area contributed by atoms with Gasteiger partial charge < -0.3 is 5.11 Å². The molecular weight excluding hydrogens is 198 g/mol. The molecule has 1 saturated heterocycles. The summed E-state index contributed by atoms with van der Waals surface area (Å²) in [6, 6.07) is 6.61. The van der Waals surface area contributed by atoms with Crippen LogP contribution in [0.15, 0.2) is 18.2 Å². The summed E-state index contributed by atoms with van der Waals surface area (Å²) in [6.07, 6.45) is 0.858. The van der Waals surface area contributed by atoms with Gasteiger partial charge in [-0.2, -0.15) is 0 Å². The van der Waals surface area contributed by atoms with E-state index in [1.807, 2.05) is 6.92 Å². The Hall–Kier alpha value is -0.860. The summed E-state index contributed by atoms with van der Waals surface area (Å²) in [4.78, 5) is 2.30. The summed E-state index contributed by atoms with van der Waals surface area (Å²) >= 11 is 0. The van der Waals surface area contributed by atoms with Gasteiger partial charge in [-0.3, -0.25) is 4.90 Å². The lowest BCUT2D eigenvalue weighted by Crippen LogP contribution is -2.60. The molecule has 0 saturated carbocycles. The van der Waals surface area contributed by atoms with Crippen molar-refractivity contribution in [2.75, 3.05) is 13.1 Å². The summed E-state index contributed by atoms with van der Waals surface area (Å²) in [6.45, 7) is 8.93. The summed E-state index contributed by atoms with van der Waals surface area (Å²) < 4.78 is 0. The molecule has 0 spiro atoms. The number of β-amino-alcohol motifs (C(OH)–C–C–N with tert-alkyl or cyclic N) is 1. The van der Waals surface area contributed by atoms with Crippen molar-refractivity contribution in [2.24, 2.45) is 0 Å². The van der Waals surface area contributed by atoms with Gasteiger partial charge in [-0.15, -0.1) is 0 Å². The third-order valence-corrected chi connectivity index (χ3v) is 3.67. The minimum absolute atomic E-state index is 0.417. The zero-order valence-corrected chi connectivity index (χ0v) is 10.5. The normalized spacial score (nSPS) is 19.5. The highest BCUT2D eigenvalue weighted by atomic mass is 16.3. The number of rotatable bonds is 3. The Labute approximate surface area is 97.9 Å². The maximum Gasteiger partial charge on any atom is 0.0897 e. The molecule has 1 heterocycles. The number of aliphatic hydroxyl groups is 1. The number of likely N-dealkylation sites (tertiary alicyclic amines) is 1. The van der Waals surface area contributed by atoms with Crippen LogP contribution in [0.3, 0.4) is 0 Å². The molecule has 0 unspecified atom stereocenters. The molecule has 2 rings (SSSR count). The zero-order chi connectivity index (χ0) is 11.8. The summed E-state index contributed by atoms with van der Waals surface area (Å²) in [5.41, 5.74) is 3.63. The van der Waals surface area contributed by atoms with Crippen molar-refractivity contribution in [1.29, 1.82) is 0 Å². The van der Waals surface area contributed by atoms with E-state index < -0.39 is 5.60 Å². The molecule has 0 radical (unpaired) electrons. The molecule has 2 heteroatoms. The van der Waals surface area contributed by atoms with Crippen LogP contribution in [-0.4, -0.2) is 28.7 Å². The van der Waals surface area contributed by atoms with Crippen LogP contribution in [0.1, 0.15) is 30.0 Å². The Morgan fingerprint density at radius 2 is 1.94 bits per heavy atom. The zero-order valence-electron chi connectivity index (χ0n) is 10.5. The number of hydrogen-bond donors (Lipinski definition) is 1. The van der Waals surface area contributed by atoms with E-state index in [-0.39, 0.29) is 0 Å². The molecular formula is C14H21NO. The summed E-state index contributed by atoms with van der Waals surface area (Å²) in [5.74, 6) is 0. The van der Waals surface area contributed by atoms with Crippen molar-refractivity contribution in [3.8, 4) is 0 Å². The van der Waals surface area contributed by atoms with Gasteiger partial charge in [-0.05, 0) is 37.0 Å². The van der Waals surface area contributed by atoms with Crippen LogP contribution in [0.2, 0.25) is 0 Å². The average Bonchev–Trinajstić information content (AvgIpc) is 2.21. The van der Waals surface area contributed by atoms with E-state index in [2.05, 4.69) is 36.9 Å². The molecule has 2 nitrogen and oxygen atoms in total. The molecule has 0 aliphatic carbocycles. The molecule has 1 aromatic rings. The van der Waals surface area contributed by atoms with E-state index in [1.54, 1.807) is 0 Å².